The molecule has 0 N–H and O–H groups in total. The van der Waals surface area contributed by atoms with Gasteiger partial charge in [-0.25, -0.2) is 4.98 Å². The molecule has 14 heavy (non-hydrogen) atoms. The summed E-state index contributed by atoms with van der Waals surface area (Å²) >= 11 is 0. The molecular formula is C12H18N2. The summed E-state index contributed by atoms with van der Waals surface area (Å²) in [5.74, 6) is 0.530. The third-order valence-electron chi connectivity index (χ3n) is 2.04. The van der Waals surface area contributed by atoms with E-state index < -0.39 is 0 Å². The van der Waals surface area contributed by atoms with E-state index in [0.29, 0.717) is 5.92 Å². The minimum Gasteiger partial charge on any atom is -0.304 e. The number of nitrogens with zero attached hydrogens (tertiary/aromatic N) is 2. The molecule has 2 aromatic rings. The third kappa shape index (κ3) is 1.95. The molecule has 2 rings (SSSR count). The summed E-state index contributed by atoms with van der Waals surface area (Å²) in [5, 5.41) is 0. The zero-order chi connectivity index (χ0) is 10.6. The molecule has 0 unspecified atom stereocenters. The Morgan fingerprint density at radius 2 is 1.93 bits per heavy atom. The van der Waals surface area contributed by atoms with Crippen molar-refractivity contribution in [3.8, 4) is 0 Å². The minimum absolute atomic E-state index is 0.530. The van der Waals surface area contributed by atoms with Gasteiger partial charge in [0.2, 0.25) is 0 Å². The van der Waals surface area contributed by atoms with Crippen molar-refractivity contribution in [2.75, 3.05) is 0 Å². The fourth-order valence-electron chi connectivity index (χ4n) is 1.38. The summed E-state index contributed by atoms with van der Waals surface area (Å²) in [6.07, 6.45) is 4.00. The van der Waals surface area contributed by atoms with Crippen molar-refractivity contribution in [2.45, 2.75) is 33.6 Å². The van der Waals surface area contributed by atoms with Gasteiger partial charge in [-0.3, -0.25) is 0 Å². The molecule has 0 aliphatic rings. The molecule has 0 fully saturated rings. The number of pyridine rings is 1. The van der Waals surface area contributed by atoms with E-state index in [2.05, 4.69) is 29.4 Å². The van der Waals surface area contributed by atoms with E-state index in [1.54, 1.807) is 0 Å². The summed E-state index contributed by atoms with van der Waals surface area (Å²) in [6.45, 7) is 8.35. The maximum atomic E-state index is 4.30. The molecule has 0 saturated carbocycles. The molecule has 0 aliphatic carbocycles. The van der Waals surface area contributed by atoms with Gasteiger partial charge >= 0.3 is 0 Å². The normalized spacial score (nSPS) is 10.1. The predicted octanol–water partition coefficient (Wildman–Crippen LogP) is 3.48. The summed E-state index contributed by atoms with van der Waals surface area (Å²) < 4.78 is 2.13. The summed E-state index contributed by atoms with van der Waals surface area (Å²) in [5.41, 5.74) is 2.30. The van der Waals surface area contributed by atoms with Gasteiger partial charge in [-0.1, -0.05) is 33.8 Å². The second kappa shape index (κ2) is 4.80. The van der Waals surface area contributed by atoms with Crippen LogP contribution in [0.4, 0.5) is 0 Å². The molecule has 0 bridgehead atoms. The van der Waals surface area contributed by atoms with E-state index in [-0.39, 0.29) is 0 Å². The Balaban J connectivity index is 0.000000461. The molecule has 0 aromatic carbocycles. The molecule has 0 saturated heterocycles. The SMILES string of the molecule is CC.CC(C)c1cnc2ccccn12. The number of rotatable bonds is 1. The van der Waals surface area contributed by atoms with Gasteiger partial charge in [0.15, 0.2) is 0 Å². The fourth-order valence-corrected chi connectivity index (χ4v) is 1.38. The van der Waals surface area contributed by atoms with Gasteiger partial charge in [-0.2, -0.15) is 0 Å². The standard InChI is InChI=1S/C10H12N2.C2H6/c1-8(2)9-7-11-10-5-3-4-6-12(9)10;1-2/h3-8H,1-2H3;1-2H3. The first kappa shape index (κ1) is 10.8. The number of imidazole rings is 1. The maximum absolute atomic E-state index is 4.30. The molecule has 0 radical (unpaired) electrons. The Morgan fingerprint density at radius 1 is 1.21 bits per heavy atom. The van der Waals surface area contributed by atoms with Crippen LogP contribution >= 0.6 is 0 Å². The average molecular weight is 190 g/mol. The first-order valence-electron chi connectivity index (χ1n) is 5.21. The van der Waals surface area contributed by atoms with Crippen LogP contribution in [-0.4, -0.2) is 9.38 Å². The van der Waals surface area contributed by atoms with Gasteiger partial charge in [0, 0.05) is 18.1 Å². The highest BCUT2D eigenvalue weighted by atomic mass is 15.0. The van der Waals surface area contributed by atoms with Crippen molar-refractivity contribution < 1.29 is 0 Å². The summed E-state index contributed by atoms with van der Waals surface area (Å²) in [7, 11) is 0. The molecule has 0 amide bonds. The van der Waals surface area contributed by atoms with Crippen LogP contribution in [0.3, 0.4) is 0 Å². The highest BCUT2D eigenvalue weighted by Gasteiger charge is 2.04. The number of hydrogen-bond acceptors (Lipinski definition) is 1. The molecule has 2 aromatic heterocycles. The average Bonchev–Trinajstić information content (AvgIpc) is 2.64. The minimum atomic E-state index is 0.530. The predicted molar refractivity (Wildman–Crippen MR) is 60.6 cm³/mol. The Labute approximate surface area is 85.6 Å². The van der Waals surface area contributed by atoms with E-state index in [0.717, 1.165) is 5.65 Å². The molecule has 0 aliphatic heterocycles. The first-order chi connectivity index (χ1) is 6.79. The monoisotopic (exact) mass is 190 g/mol. The van der Waals surface area contributed by atoms with E-state index >= 15 is 0 Å². The highest BCUT2D eigenvalue weighted by molar-refractivity contribution is 5.40. The fraction of sp³-hybridized carbons (Fsp3) is 0.417. The van der Waals surface area contributed by atoms with Gasteiger partial charge in [0.1, 0.15) is 5.65 Å². The van der Waals surface area contributed by atoms with Crippen molar-refractivity contribution in [1.29, 1.82) is 0 Å². The molecule has 76 valence electrons. The quantitative estimate of drug-likeness (QED) is 0.673. The van der Waals surface area contributed by atoms with E-state index in [1.807, 2.05) is 38.2 Å². The van der Waals surface area contributed by atoms with Crippen molar-refractivity contribution in [2.24, 2.45) is 0 Å². The number of fused-ring (bicyclic) bond motifs is 1. The second-order valence-electron chi connectivity index (χ2n) is 3.27. The van der Waals surface area contributed by atoms with Crippen LogP contribution in [0.2, 0.25) is 0 Å². The van der Waals surface area contributed by atoms with E-state index in [9.17, 15) is 0 Å². The van der Waals surface area contributed by atoms with Gasteiger partial charge in [-0.05, 0) is 18.1 Å². The summed E-state index contributed by atoms with van der Waals surface area (Å²) in [4.78, 5) is 4.30. The van der Waals surface area contributed by atoms with Crippen LogP contribution in [0.1, 0.15) is 39.3 Å². The Bertz CT molecular complexity index is 388. The van der Waals surface area contributed by atoms with E-state index in [4.69, 9.17) is 0 Å². The van der Waals surface area contributed by atoms with Crippen molar-refractivity contribution in [3.05, 3.63) is 36.3 Å². The smallest absolute Gasteiger partial charge is 0.136 e. The summed E-state index contributed by atoms with van der Waals surface area (Å²) in [6, 6.07) is 6.05. The van der Waals surface area contributed by atoms with Crippen LogP contribution in [0.15, 0.2) is 30.6 Å². The zero-order valence-corrected chi connectivity index (χ0v) is 9.36. The molecule has 0 spiro atoms. The third-order valence-corrected chi connectivity index (χ3v) is 2.04. The number of aromatic nitrogens is 2. The van der Waals surface area contributed by atoms with Gasteiger partial charge in [0.25, 0.3) is 0 Å². The van der Waals surface area contributed by atoms with Gasteiger partial charge in [0.05, 0.1) is 0 Å². The zero-order valence-electron chi connectivity index (χ0n) is 9.36. The molecule has 0 atom stereocenters. The van der Waals surface area contributed by atoms with Crippen LogP contribution in [0, 0.1) is 0 Å². The Kier molecular flexibility index (Phi) is 3.69. The highest BCUT2D eigenvalue weighted by Crippen LogP contribution is 2.15. The lowest BCUT2D eigenvalue weighted by atomic mass is 10.1. The number of hydrogen-bond donors (Lipinski definition) is 0. The molecule has 2 heteroatoms. The molecular weight excluding hydrogens is 172 g/mol. The van der Waals surface area contributed by atoms with E-state index in [1.165, 1.54) is 5.69 Å². The topological polar surface area (TPSA) is 17.3 Å². The maximum Gasteiger partial charge on any atom is 0.136 e. The van der Waals surface area contributed by atoms with Gasteiger partial charge < -0.3 is 4.40 Å². The second-order valence-corrected chi connectivity index (χ2v) is 3.27. The Morgan fingerprint density at radius 3 is 2.57 bits per heavy atom. The first-order valence-corrected chi connectivity index (χ1v) is 5.21. The lowest BCUT2D eigenvalue weighted by Crippen LogP contribution is -1.93. The lowest BCUT2D eigenvalue weighted by Gasteiger charge is -2.03. The van der Waals surface area contributed by atoms with Gasteiger partial charge in [-0.15, -0.1) is 0 Å². The molecule has 2 nitrogen and oxygen atoms in total. The van der Waals surface area contributed by atoms with Crippen LogP contribution in [-0.2, 0) is 0 Å². The largest absolute Gasteiger partial charge is 0.304 e. The van der Waals surface area contributed by atoms with Crippen molar-refractivity contribution >= 4 is 5.65 Å². The van der Waals surface area contributed by atoms with Crippen molar-refractivity contribution in [3.63, 3.8) is 0 Å². The van der Waals surface area contributed by atoms with Crippen molar-refractivity contribution in [1.82, 2.24) is 9.38 Å². The van der Waals surface area contributed by atoms with Crippen LogP contribution < -0.4 is 0 Å². The van der Waals surface area contributed by atoms with Crippen LogP contribution in [0.25, 0.3) is 5.65 Å². The Hall–Kier alpha value is -1.31. The lowest BCUT2D eigenvalue weighted by molar-refractivity contribution is 0.809. The molecule has 2 heterocycles. The van der Waals surface area contributed by atoms with Crippen LogP contribution in [0.5, 0.6) is 0 Å².